The van der Waals surface area contributed by atoms with Crippen LogP contribution in [0.2, 0.25) is 0 Å². The van der Waals surface area contributed by atoms with Crippen molar-refractivity contribution in [1.82, 2.24) is 20.7 Å². The zero-order chi connectivity index (χ0) is 22.1. The number of piperidine rings is 1. The average Bonchev–Trinajstić information content (AvgIpc) is 3.20. The molecule has 0 aliphatic carbocycles. The molecule has 0 spiro atoms. The highest BCUT2D eigenvalue weighted by Gasteiger charge is 2.20. The maximum atomic E-state index is 13.9. The molecular formula is C24H36FN5O. The molecule has 1 fully saturated rings. The largest absolute Gasteiger partial charge is 0.361 e. The first-order valence-electron chi connectivity index (χ1n) is 11.6. The van der Waals surface area contributed by atoms with Crippen molar-refractivity contribution in [3.8, 4) is 0 Å². The summed E-state index contributed by atoms with van der Waals surface area (Å²) in [6, 6.07) is 7.07. The summed E-state index contributed by atoms with van der Waals surface area (Å²) in [4.78, 5) is 7.13. The second-order valence-electron chi connectivity index (χ2n) is 8.13. The monoisotopic (exact) mass is 429 g/mol. The maximum Gasteiger partial charge on any atom is 0.191 e. The lowest BCUT2D eigenvalue weighted by Crippen LogP contribution is -2.42. The number of hydrogen-bond acceptors (Lipinski definition) is 4. The van der Waals surface area contributed by atoms with Crippen molar-refractivity contribution in [2.45, 2.75) is 59.5 Å². The third-order valence-corrected chi connectivity index (χ3v) is 5.96. The zero-order valence-corrected chi connectivity index (χ0v) is 19.1. The molecule has 0 saturated carbocycles. The van der Waals surface area contributed by atoms with Gasteiger partial charge in [0.1, 0.15) is 11.6 Å². The molecule has 7 heteroatoms. The van der Waals surface area contributed by atoms with Crippen molar-refractivity contribution >= 4 is 5.96 Å². The van der Waals surface area contributed by atoms with Crippen LogP contribution in [0.5, 0.6) is 0 Å². The third-order valence-electron chi connectivity index (χ3n) is 5.96. The Labute approximate surface area is 185 Å². The van der Waals surface area contributed by atoms with Gasteiger partial charge < -0.3 is 15.2 Å². The first-order chi connectivity index (χ1) is 15.1. The van der Waals surface area contributed by atoms with Crippen LogP contribution in [0.1, 0.15) is 56.2 Å². The summed E-state index contributed by atoms with van der Waals surface area (Å²) in [6.07, 6.45) is 3.88. The van der Waals surface area contributed by atoms with Crippen LogP contribution in [0, 0.1) is 11.7 Å². The molecule has 0 unspecified atom stereocenters. The number of likely N-dealkylation sites (tertiary alicyclic amines) is 1. The Hall–Kier alpha value is -2.41. The lowest BCUT2D eigenvalue weighted by molar-refractivity contribution is 0.176. The molecule has 3 rings (SSSR count). The summed E-state index contributed by atoms with van der Waals surface area (Å²) >= 11 is 0. The Morgan fingerprint density at radius 3 is 2.61 bits per heavy atom. The Morgan fingerprint density at radius 1 is 1.16 bits per heavy atom. The molecule has 2 aromatic rings. The normalized spacial score (nSPS) is 15.9. The fourth-order valence-corrected chi connectivity index (χ4v) is 4.07. The van der Waals surface area contributed by atoms with Crippen LogP contribution in [0.25, 0.3) is 0 Å². The van der Waals surface area contributed by atoms with Gasteiger partial charge in [-0.15, -0.1) is 0 Å². The summed E-state index contributed by atoms with van der Waals surface area (Å²) in [6.45, 7) is 11.2. The van der Waals surface area contributed by atoms with Gasteiger partial charge in [-0.3, -0.25) is 4.90 Å². The smallest absolute Gasteiger partial charge is 0.191 e. The van der Waals surface area contributed by atoms with Gasteiger partial charge in [0.05, 0.1) is 12.2 Å². The van der Waals surface area contributed by atoms with Crippen molar-refractivity contribution in [2.24, 2.45) is 10.9 Å². The van der Waals surface area contributed by atoms with Crippen LogP contribution >= 0.6 is 0 Å². The van der Waals surface area contributed by atoms with E-state index < -0.39 is 0 Å². The molecule has 0 radical (unpaired) electrons. The second kappa shape index (κ2) is 11.8. The number of aryl methyl sites for hydroxylation is 2. The van der Waals surface area contributed by atoms with Crippen LogP contribution in [0.4, 0.5) is 4.39 Å². The molecule has 1 aromatic heterocycles. The standard InChI is InChI=1S/C24H36FN5O/c1-4-22-20(23(5-2)31-29-22)16-28-24(26-6-3)27-15-18-11-13-30(14-12-18)17-19-9-7-8-10-21(19)25/h7-10,18H,4-6,11-17H2,1-3H3,(H2,26,27,28). The maximum absolute atomic E-state index is 13.9. The Morgan fingerprint density at radius 2 is 1.94 bits per heavy atom. The Kier molecular flexibility index (Phi) is 8.88. The van der Waals surface area contributed by atoms with E-state index in [4.69, 9.17) is 9.52 Å². The van der Waals surface area contributed by atoms with Crippen LogP contribution in [-0.4, -0.2) is 42.2 Å². The predicted molar refractivity (Wildman–Crippen MR) is 122 cm³/mol. The van der Waals surface area contributed by atoms with Crippen LogP contribution in [-0.2, 0) is 25.9 Å². The fraction of sp³-hybridized carbons (Fsp3) is 0.583. The van der Waals surface area contributed by atoms with Crippen LogP contribution in [0.15, 0.2) is 33.8 Å². The number of nitrogens with zero attached hydrogens (tertiary/aromatic N) is 3. The molecule has 2 N–H and O–H groups in total. The minimum atomic E-state index is -0.108. The van der Waals surface area contributed by atoms with Gasteiger partial charge in [0, 0.05) is 37.2 Å². The minimum absolute atomic E-state index is 0.108. The quantitative estimate of drug-likeness (QED) is 0.467. The van der Waals surface area contributed by atoms with Crippen molar-refractivity contribution in [1.29, 1.82) is 0 Å². The molecule has 170 valence electrons. The van der Waals surface area contributed by atoms with Gasteiger partial charge in [0.25, 0.3) is 0 Å². The molecule has 6 nitrogen and oxygen atoms in total. The summed E-state index contributed by atoms with van der Waals surface area (Å²) in [7, 11) is 0. The third kappa shape index (κ3) is 6.53. The van der Waals surface area contributed by atoms with Gasteiger partial charge in [-0.2, -0.15) is 0 Å². The van der Waals surface area contributed by atoms with Crippen LogP contribution in [0.3, 0.4) is 0 Å². The summed E-state index contributed by atoms with van der Waals surface area (Å²) < 4.78 is 19.4. The minimum Gasteiger partial charge on any atom is -0.361 e. The number of guanidine groups is 1. The topological polar surface area (TPSA) is 65.7 Å². The molecule has 0 atom stereocenters. The van der Waals surface area contributed by atoms with Gasteiger partial charge >= 0.3 is 0 Å². The summed E-state index contributed by atoms with van der Waals surface area (Å²) in [5, 5.41) is 11.0. The molecule has 1 aliphatic heterocycles. The molecule has 1 aromatic carbocycles. The molecular weight excluding hydrogens is 393 g/mol. The van der Waals surface area contributed by atoms with Gasteiger partial charge in [0.2, 0.25) is 0 Å². The second-order valence-corrected chi connectivity index (χ2v) is 8.13. The first-order valence-corrected chi connectivity index (χ1v) is 11.6. The zero-order valence-electron chi connectivity index (χ0n) is 19.1. The number of halogens is 1. The molecule has 1 aliphatic rings. The highest BCUT2D eigenvalue weighted by molar-refractivity contribution is 5.79. The van der Waals surface area contributed by atoms with E-state index in [1.165, 1.54) is 0 Å². The SMILES string of the molecule is CCNC(=NCc1c(CC)noc1CC)NCC1CCN(Cc2ccccc2F)CC1. The number of aliphatic imine (C=N–C) groups is 1. The predicted octanol–water partition coefficient (Wildman–Crippen LogP) is 3.91. The number of rotatable bonds is 9. The molecule has 31 heavy (non-hydrogen) atoms. The number of aromatic nitrogens is 1. The van der Waals surface area contributed by atoms with Gasteiger partial charge in [-0.05, 0) is 51.3 Å². The van der Waals surface area contributed by atoms with E-state index in [-0.39, 0.29) is 5.82 Å². The average molecular weight is 430 g/mol. The van der Waals surface area contributed by atoms with Crippen molar-refractivity contribution in [3.63, 3.8) is 0 Å². The van der Waals surface area contributed by atoms with Gasteiger partial charge in [-0.25, -0.2) is 9.38 Å². The van der Waals surface area contributed by atoms with Crippen molar-refractivity contribution < 1.29 is 8.91 Å². The Balaban J connectivity index is 1.49. The number of nitrogens with one attached hydrogen (secondary N) is 2. The lowest BCUT2D eigenvalue weighted by Gasteiger charge is -2.32. The summed E-state index contributed by atoms with van der Waals surface area (Å²) in [5.41, 5.74) is 2.90. The van der Waals surface area contributed by atoms with E-state index in [2.05, 4.69) is 41.5 Å². The van der Waals surface area contributed by atoms with Crippen molar-refractivity contribution in [2.75, 3.05) is 26.2 Å². The first kappa shape index (κ1) is 23.3. The molecule has 1 saturated heterocycles. The van der Waals surface area contributed by atoms with E-state index in [1.807, 2.05) is 12.1 Å². The van der Waals surface area contributed by atoms with Gasteiger partial charge in [-0.1, -0.05) is 37.2 Å². The van der Waals surface area contributed by atoms with E-state index in [1.54, 1.807) is 12.1 Å². The number of hydrogen-bond donors (Lipinski definition) is 2. The van der Waals surface area contributed by atoms with Crippen molar-refractivity contribution in [3.05, 3.63) is 52.7 Å². The number of benzene rings is 1. The summed E-state index contributed by atoms with van der Waals surface area (Å²) in [5.74, 6) is 2.25. The molecule has 2 heterocycles. The lowest BCUT2D eigenvalue weighted by atomic mass is 9.96. The highest BCUT2D eigenvalue weighted by atomic mass is 19.1. The van der Waals surface area contributed by atoms with Gasteiger partial charge in [0.15, 0.2) is 5.96 Å². The van der Waals surface area contributed by atoms with E-state index >= 15 is 0 Å². The van der Waals surface area contributed by atoms with E-state index in [0.717, 1.165) is 80.4 Å². The van der Waals surface area contributed by atoms with Crippen LogP contribution < -0.4 is 10.6 Å². The molecule has 0 amide bonds. The molecule has 0 bridgehead atoms. The fourth-order valence-electron chi connectivity index (χ4n) is 4.07. The highest BCUT2D eigenvalue weighted by Crippen LogP contribution is 2.20. The Bertz CT molecular complexity index is 821. The van der Waals surface area contributed by atoms with E-state index in [0.29, 0.717) is 19.0 Å². The van der Waals surface area contributed by atoms with E-state index in [9.17, 15) is 4.39 Å².